The Bertz CT molecular complexity index is 779. The lowest BCUT2D eigenvalue weighted by atomic mass is 10.0. The van der Waals surface area contributed by atoms with Crippen LogP contribution in [0.2, 0.25) is 0 Å². The maximum absolute atomic E-state index is 12.5. The molecule has 0 aliphatic carbocycles. The van der Waals surface area contributed by atoms with Crippen molar-refractivity contribution in [2.75, 3.05) is 0 Å². The van der Waals surface area contributed by atoms with Gasteiger partial charge >= 0.3 is 0 Å². The number of rotatable bonds is 6. The van der Waals surface area contributed by atoms with Crippen LogP contribution in [0.25, 0.3) is 11.3 Å². The average Bonchev–Trinajstić information content (AvgIpc) is 3.26. The first-order valence-corrected chi connectivity index (χ1v) is 7.89. The van der Waals surface area contributed by atoms with Gasteiger partial charge in [0.25, 0.3) is 5.91 Å². The van der Waals surface area contributed by atoms with Crippen molar-refractivity contribution < 1.29 is 4.79 Å². The summed E-state index contributed by atoms with van der Waals surface area (Å²) in [5.41, 5.74) is 2.15. The Morgan fingerprint density at radius 2 is 1.92 bits per heavy atom. The molecular formula is C17H20N6O. The summed E-state index contributed by atoms with van der Waals surface area (Å²) in [4.78, 5) is 14.1. The first kappa shape index (κ1) is 15.9. The highest BCUT2D eigenvalue weighted by Gasteiger charge is 2.20. The van der Waals surface area contributed by atoms with Gasteiger partial charge in [-0.3, -0.25) is 9.89 Å². The smallest absolute Gasteiger partial charge is 0.269 e. The van der Waals surface area contributed by atoms with E-state index in [4.69, 9.17) is 0 Å². The zero-order chi connectivity index (χ0) is 16.9. The number of carbonyl (C=O) groups is 1. The molecule has 124 valence electrons. The fourth-order valence-electron chi connectivity index (χ4n) is 2.38. The summed E-state index contributed by atoms with van der Waals surface area (Å²) in [6, 6.07) is 11.4. The summed E-state index contributed by atoms with van der Waals surface area (Å²) in [5, 5.41) is 18.2. The van der Waals surface area contributed by atoms with Crippen molar-refractivity contribution in [2.24, 2.45) is 5.92 Å². The molecule has 7 heteroatoms. The molecule has 0 bridgehead atoms. The van der Waals surface area contributed by atoms with Crippen LogP contribution in [-0.2, 0) is 6.54 Å². The lowest BCUT2D eigenvalue weighted by Crippen LogP contribution is -2.42. The number of benzene rings is 1. The van der Waals surface area contributed by atoms with Crippen LogP contribution >= 0.6 is 0 Å². The van der Waals surface area contributed by atoms with E-state index in [1.165, 1.54) is 0 Å². The standard InChI is InChI=1S/C17H20N6O/c1-12(2)16(11-23-18-8-9-19-23)20-17(24)15-10-14(21-22-15)13-6-4-3-5-7-13/h3-10,12,16H,11H2,1-2H3,(H,20,24)(H,21,22). The third-order valence-corrected chi connectivity index (χ3v) is 3.84. The molecule has 1 amide bonds. The van der Waals surface area contributed by atoms with Crippen LogP contribution in [0, 0.1) is 5.92 Å². The highest BCUT2D eigenvalue weighted by molar-refractivity contribution is 5.93. The van der Waals surface area contributed by atoms with Crippen molar-refractivity contribution in [3.63, 3.8) is 0 Å². The van der Waals surface area contributed by atoms with Gasteiger partial charge in [-0.25, -0.2) is 0 Å². The van der Waals surface area contributed by atoms with Crippen molar-refractivity contribution in [2.45, 2.75) is 26.4 Å². The molecule has 0 saturated carbocycles. The largest absolute Gasteiger partial charge is 0.346 e. The molecule has 0 aliphatic rings. The van der Waals surface area contributed by atoms with E-state index in [0.29, 0.717) is 12.2 Å². The van der Waals surface area contributed by atoms with Crippen LogP contribution in [-0.4, -0.2) is 37.1 Å². The molecule has 0 saturated heterocycles. The second kappa shape index (κ2) is 7.08. The van der Waals surface area contributed by atoms with E-state index in [-0.39, 0.29) is 17.9 Å². The van der Waals surface area contributed by atoms with Crippen molar-refractivity contribution in [1.82, 2.24) is 30.5 Å². The van der Waals surface area contributed by atoms with Gasteiger partial charge in [-0.1, -0.05) is 44.2 Å². The fourth-order valence-corrected chi connectivity index (χ4v) is 2.38. The van der Waals surface area contributed by atoms with Gasteiger partial charge in [0, 0.05) is 5.56 Å². The van der Waals surface area contributed by atoms with E-state index in [1.54, 1.807) is 23.3 Å². The lowest BCUT2D eigenvalue weighted by Gasteiger charge is -2.21. The molecule has 2 heterocycles. The molecule has 1 unspecified atom stereocenters. The summed E-state index contributed by atoms with van der Waals surface area (Å²) >= 11 is 0. The second-order valence-corrected chi connectivity index (χ2v) is 5.94. The Hall–Kier alpha value is -2.96. The quantitative estimate of drug-likeness (QED) is 0.727. The van der Waals surface area contributed by atoms with Crippen molar-refractivity contribution >= 4 is 5.91 Å². The summed E-state index contributed by atoms with van der Waals surface area (Å²) in [6.45, 7) is 4.63. The molecule has 3 aromatic rings. The third kappa shape index (κ3) is 3.68. The van der Waals surface area contributed by atoms with Crippen LogP contribution in [0.4, 0.5) is 0 Å². The van der Waals surface area contributed by atoms with Crippen molar-refractivity contribution in [3.8, 4) is 11.3 Å². The van der Waals surface area contributed by atoms with E-state index in [1.807, 2.05) is 30.3 Å². The molecule has 3 rings (SSSR count). The summed E-state index contributed by atoms with van der Waals surface area (Å²) in [6.07, 6.45) is 3.25. The van der Waals surface area contributed by atoms with Crippen molar-refractivity contribution in [3.05, 3.63) is 54.5 Å². The molecule has 24 heavy (non-hydrogen) atoms. The van der Waals surface area contributed by atoms with Gasteiger partial charge in [0.2, 0.25) is 0 Å². The third-order valence-electron chi connectivity index (χ3n) is 3.84. The van der Waals surface area contributed by atoms with Crippen LogP contribution in [0.5, 0.6) is 0 Å². The minimum Gasteiger partial charge on any atom is -0.346 e. The van der Waals surface area contributed by atoms with Crippen LogP contribution in [0.3, 0.4) is 0 Å². The van der Waals surface area contributed by atoms with E-state index in [2.05, 4.69) is 39.6 Å². The predicted molar refractivity (Wildman–Crippen MR) is 90.1 cm³/mol. The van der Waals surface area contributed by atoms with Crippen molar-refractivity contribution in [1.29, 1.82) is 0 Å². The highest BCUT2D eigenvalue weighted by atomic mass is 16.2. The van der Waals surface area contributed by atoms with Gasteiger partial charge in [-0.05, 0) is 12.0 Å². The summed E-state index contributed by atoms with van der Waals surface area (Å²) in [5.74, 6) is 0.0620. The first-order valence-electron chi connectivity index (χ1n) is 7.89. The Labute approximate surface area is 140 Å². The van der Waals surface area contributed by atoms with E-state index in [9.17, 15) is 4.79 Å². The minimum atomic E-state index is -0.185. The first-order chi connectivity index (χ1) is 11.6. The topological polar surface area (TPSA) is 88.5 Å². The Morgan fingerprint density at radius 3 is 2.58 bits per heavy atom. The molecule has 7 nitrogen and oxygen atoms in total. The van der Waals surface area contributed by atoms with E-state index >= 15 is 0 Å². The molecule has 0 aliphatic heterocycles. The van der Waals surface area contributed by atoms with Gasteiger partial charge in [0.1, 0.15) is 5.69 Å². The van der Waals surface area contributed by atoms with E-state index in [0.717, 1.165) is 11.3 Å². The number of aromatic amines is 1. The predicted octanol–water partition coefficient (Wildman–Crippen LogP) is 2.12. The SMILES string of the molecule is CC(C)C(Cn1nccn1)NC(=O)c1cc(-c2ccccc2)n[nH]1. The molecule has 0 radical (unpaired) electrons. The van der Waals surface area contributed by atoms with Crippen LogP contribution in [0.1, 0.15) is 24.3 Å². The number of amides is 1. The minimum absolute atomic E-state index is 0.0756. The van der Waals surface area contributed by atoms with Gasteiger partial charge in [0.05, 0.1) is 30.7 Å². The fraction of sp³-hybridized carbons (Fsp3) is 0.294. The Morgan fingerprint density at radius 1 is 1.21 bits per heavy atom. The zero-order valence-electron chi connectivity index (χ0n) is 13.7. The second-order valence-electron chi connectivity index (χ2n) is 5.94. The molecule has 1 atom stereocenters. The lowest BCUT2D eigenvalue weighted by molar-refractivity contribution is 0.0912. The van der Waals surface area contributed by atoms with Gasteiger partial charge in [-0.2, -0.15) is 20.1 Å². The number of nitrogens with one attached hydrogen (secondary N) is 2. The maximum atomic E-state index is 12.5. The number of carbonyl (C=O) groups excluding carboxylic acids is 1. The van der Waals surface area contributed by atoms with Crippen LogP contribution in [0.15, 0.2) is 48.8 Å². The summed E-state index contributed by atoms with van der Waals surface area (Å²) < 4.78 is 0. The molecule has 0 fully saturated rings. The Kier molecular flexibility index (Phi) is 4.69. The molecule has 0 spiro atoms. The van der Waals surface area contributed by atoms with Gasteiger partial charge < -0.3 is 5.32 Å². The number of nitrogens with zero attached hydrogens (tertiary/aromatic N) is 4. The zero-order valence-corrected chi connectivity index (χ0v) is 13.7. The van der Waals surface area contributed by atoms with E-state index < -0.39 is 0 Å². The number of H-pyrrole nitrogens is 1. The Balaban J connectivity index is 1.70. The molecular weight excluding hydrogens is 304 g/mol. The van der Waals surface area contributed by atoms with Crippen LogP contribution < -0.4 is 5.32 Å². The monoisotopic (exact) mass is 324 g/mol. The number of hydrogen-bond donors (Lipinski definition) is 2. The van der Waals surface area contributed by atoms with Gasteiger partial charge in [-0.15, -0.1) is 0 Å². The number of hydrogen-bond acceptors (Lipinski definition) is 4. The molecule has 2 N–H and O–H groups in total. The molecule has 1 aromatic carbocycles. The maximum Gasteiger partial charge on any atom is 0.269 e. The highest BCUT2D eigenvalue weighted by Crippen LogP contribution is 2.17. The summed E-state index contributed by atoms with van der Waals surface area (Å²) in [7, 11) is 0. The average molecular weight is 324 g/mol. The normalized spacial score (nSPS) is 12.3. The number of aromatic nitrogens is 5. The molecule has 2 aromatic heterocycles. The van der Waals surface area contributed by atoms with Gasteiger partial charge in [0.15, 0.2) is 0 Å².